The highest BCUT2D eigenvalue weighted by molar-refractivity contribution is 8.02. The fraction of sp³-hybridized carbons (Fsp3) is 0.200. The van der Waals surface area contributed by atoms with Crippen molar-refractivity contribution < 1.29 is 14.0 Å². The van der Waals surface area contributed by atoms with Gasteiger partial charge in [0.25, 0.3) is 5.91 Å². The number of carbonyl (C=O) groups is 2. The van der Waals surface area contributed by atoms with Crippen LogP contribution in [0.1, 0.15) is 0 Å². The molecule has 0 rings (SSSR count). The van der Waals surface area contributed by atoms with Crippen LogP contribution in [0.15, 0.2) is 11.2 Å². The molecule has 0 atom stereocenters. The summed E-state index contributed by atoms with van der Waals surface area (Å²) >= 11 is 0.723. The summed E-state index contributed by atoms with van der Waals surface area (Å²) in [6.45, 7) is 0. The lowest BCUT2D eigenvalue weighted by Crippen LogP contribution is -2.10. The molecule has 0 spiro atoms. The van der Waals surface area contributed by atoms with Crippen molar-refractivity contribution in [1.82, 2.24) is 5.73 Å². The van der Waals surface area contributed by atoms with E-state index in [1.54, 1.807) is 0 Å². The van der Waals surface area contributed by atoms with E-state index in [1.165, 1.54) is 0 Å². The van der Waals surface area contributed by atoms with E-state index in [2.05, 4.69) is 5.73 Å². The molecule has 0 aliphatic heterocycles. The molecule has 1 radical (unpaired) electrons. The van der Waals surface area contributed by atoms with E-state index in [0.29, 0.717) is 0 Å². The lowest BCUT2D eigenvalue weighted by molar-refractivity contribution is -0.116. The number of hydrogen-bond donors (Lipinski definition) is 1. The molecule has 61 valence electrons. The zero-order valence-electron chi connectivity index (χ0n) is 5.46. The summed E-state index contributed by atoms with van der Waals surface area (Å²) in [6, 6.07) is 0. The van der Waals surface area contributed by atoms with E-state index in [9.17, 15) is 14.0 Å². The first-order chi connectivity index (χ1) is 5.04. The van der Waals surface area contributed by atoms with Crippen LogP contribution in [0.4, 0.5) is 4.39 Å². The standard InChI is InChI=1S/C5H6FN2O2S/c6-3(5(8)10)1-11-2-4(7)9/h1,7H,2H2,(H2,8,10)/b3-1+. The van der Waals surface area contributed by atoms with Crippen molar-refractivity contribution in [1.29, 1.82) is 0 Å². The summed E-state index contributed by atoms with van der Waals surface area (Å²) in [7, 11) is 0. The van der Waals surface area contributed by atoms with Crippen LogP contribution in [-0.4, -0.2) is 17.6 Å². The average molecular weight is 177 g/mol. The molecule has 2 amide bonds. The van der Waals surface area contributed by atoms with Gasteiger partial charge in [-0.15, -0.1) is 11.8 Å². The molecule has 0 saturated heterocycles. The van der Waals surface area contributed by atoms with Crippen LogP contribution in [0.3, 0.4) is 0 Å². The maximum atomic E-state index is 12.2. The number of hydrogen-bond acceptors (Lipinski definition) is 3. The number of carbonyl (C=O) groups excluding carboxylic acids is 2. The van der Waals surface area contributed by atoms with Gasteiger partial charge in [0.05, 0.1) is 5.75 Å². The van der Waals surface area contributed by atoms with Gasteiger partial charge in [0.15, 0.2) is 5.83 Å². The number of halogens is 1. The smallest absolute Gasteiger partial charge is 0.277 e. The highest BCUT2D eigenvalue weighted by Crippen LogP contribution is 2.06. The molecular weight excluding hydrogens is 171 g/mol. The number of nitrogens with two attached hydrogens (primary N) is 1. The third-order valence-electron chi connectivity index (χ3n) is 0.637. The lowest BCUT2D eigenvalue weighted by Gasteiger charge is -1.88. The van der Waals surface area contributed by atoms with Gasteiger partial charge >= 0.3 is 0 Å². The number of rotatable bonds is 4. The summed E-state index contributed by atoms with van der Waals surface area (Å²) in [4.78, 5) is 20.0. The zero-order valence-corrected chi connectivity index (χ0v) is 6.28. The highest BCUT2D eigenvalue weighted by atomic mass is 32.2. The number of nitrogens with one attached hydrogen (secondary N) is 1. The Hall–Kier alpha value is -1.04. The summed E-state index contributed by atoms with van der Waals surface area (Å²) in [5, 5.41) is 0.814. The van der Waals surface area contributed by atoms with Crippen molar-refractivity contribution in [2.45, 2.75) is 0 Å². The van der Waals surface area contributed by atoms with Crippen LogP contribution in [0, 0.1) is 0 Å². The van der Waals surface area contributed by atoms with Crippen LogP contribution in [0.5, 0.6) is 0 Å². The number of primary amides is 1. The van der Waals surface area contributed by atoms with Crippen LogP contribution in [0.2, 0.25) is 0 Å². The average Bonchev–Trinajstić information content (AvgIpc) is 1.86. The molecule has 4 nitrogen and oxygen atoms in total. The molecule has 0 bridgehead atoms. The van der Waals surface area contributed by atoms with Crippen LogP contribution in [-0.2, 0) is 9.59 Å². The highest BCUT2D eigenvalue weighted by Gasteiger charge is 2.01. The molecule has 11 heavy (non-hydrogen) atoms. The molecule has 0 aliphatic rings. The topological polar surface area (TPSA) is 84.0 Å². The molecular formula is C5H6FN2O2S. The Balaban J connectivity index is 3.74. The number of thioether (sulfide) groups is 1. The van der Waals surface area contributed by atoms with Gasteiger partial charge in [0.1, 0.15) is 0 Å². The van der Waals surface area contributed by atoms with Gasteiger partial charge in [0, 0.05) is 5.41 Å². The second kappa shape index (κ2) is 4.73. The molecule has 0 aromatic heterocycles. The first-order valence-corrected chi connectivity index (χ1v) is 3.60. The predicted molar refractivity (Wildman–Crippen MR) is 38.9 cm³/mol. The normalized spacial score (nSPS) is 11.2. The van der Waals surface area contributed by atoms with Crippen molar-refractivity contribution >= 4 is 23.6 Å². The van der Waals surface area contributed by atoms with Crippen LogP contribution in [0.25, 0.3) is 0 Å². The Morgan fingerprint density at radius 2 is 2.18 bits per heavy atom. The second-order valence-electron chi connectivity index (χ2n) is 1.56. The van der Waals surface area contributed by atoms with E-state index in [-0.39, 0.29) is 5.75 Å². The molecule has 0 aliphatic carbocycles. The van der Waals surface area contributed by atoms with Gasteiger partial charge in [-0.3, -0.25) is 15.3 Å². The molecule has 0 aromatic rings. The molecule has 6 heteroatoms. The maximum Gasteiger partial charge on any atom is 0.277 e. The van der Waals surface area contributed by atoms with E-state index in [0.717, 1.165) is 17.2 Å². The fourth-order valence-electron chi connectivity index (χ4n) is 0.249. The zero-order chi connectivity index (χ0) is 8.85. The van der Waals surface area contributed by atoms with Crippen molar-refractivity contribution in [3.8, 4) is 0 Å². The van der Waals surface area contributed by atoms with E-state index < -0.39 is 17.6 Å². The monoisotopic (exact) mass is 177 g/mol. The maximum absolute atomic E-state index is 12.2. The molecule has 0 heterocycles. The molecule has 0 unspecified atom stereocenters. The molecule has 0 fully saturated rings. The Labute approximate surface area is 66.8 Å². The van der Waals surface area contributed by atoms with Gasteiger partial charge in [0.2, 0.25) is 5.91 Å². The van der Waals surface area contributed by atoms with Crippen molar-refractivity contribution in [3.63, 3.8) is 0 Å². The Bertz CT molecular complexity index is 205. The van der Waals surface area contributed by atoms with E-state index >= 15 is 0 Å². The van der Waals surface area contributed by atoms with Crippen molar-refractivity contribution in [2.24, 2.45) is 5.73 Å². The van der Waals surface area contributed by atoms with Gasteiger partial charge in [-0.2, -0.15) is 0 Å². The van der Waals surface area contributed by atoms with Crippen molar-refractivity contribution in [2.75, 3.05) is 5.75 Å². The third-order valence-corrected chi connectivity index (χ3v) is 1.44. The molecule has 3 N–H and O–H groups in total. The third kappa shape index (κ3) is 5.41. The first-order valence-electron chi connectivity index (χ1n) is 2.55. The van der Waals surface area contributed by atoms with Crippen LogP contribution >= 0.6 is 11.8 Å². The Kier molecular flexibility index (Phi) is 4.28. The minimum absolute atomic E-state index is 0.180. The summed E-state index contributed by atoms with van der Waals surface area (Å²) in [5.41, 5.74) is 10.9. The predicted octanol–water partition coefficient (Wildman–Crippen LogP) is -0.175. The van der Waals surface area contributed by atoms with E-state index in [1.807, 2.05) is 0 Å². The summed E-state index contributed by atoms with van der Waals surface area (Å²) < 4.78 is 12.2. The van der Waals surface area contributed by atoms with Crippen molar-refractivity contribution in [3.05, 3.63) is 11.2 Å². The summed E-state index contributed by atoms with van der Waals surface area (Å²) in [5.74, 6) is -3.28. The minimum atomic E-state index is -1.17. The quantitative estimate of drug-likeness (QED) is 0.605. The van der Waals surface area contributed by atoms with Crippen LogP contribution < -0.4 is 11.5 Å². The van der Waals surface area contributed by atoms with Gasteiger partial charge in [-0.05, 0) is 0 Å². The molecule has 0 aromatic carbocycles. The van der Waals surface area contributed by atoms with Gasteiger partial charge in [-0.1, -0.05) is 0 Å². The SMILES string of the molecule is [NH]C(=O)CS/C=C(/F)C(N)=O. The molecule has 0 saturated carbocycles. The lowest BCUT2D eigenvalue weighted by atomic mass is 10.6. The first kappa shape index (κ1) is 9.96. The van der Waals surface area contributed by atoms with E-state index in [4.69, 9.17) is 5.73 Å². The Morgan fingerprint density at radius 3 is 2.55 bits per heavy atom. The largest absolute Gasteiger partial charge is 0.364 e. The second-order valence-corrected chi connectivity index (χ2v) is 2.42. The Morgan fingerprint density at radius 1 is 1.64 bits per heavy atom. The number of amides is 2. The van der Waals surface area contributed by atoms with Gasteiger partial charge in [-0.25, -0.2) is 4.39 Å². The minimum Gasteiger partial charge on any atom is -0.364 e. The van der Waals surface area contributed by atoms with Gasteiger partial charge < -0.3 is 5.73 Å². The fourth-order valence-corrected chi connectivity index (χ4v) is 0.746. The summed E-state index contributed by atoms with van der Waals surface area (Å²) in [6.07, 6.45) is 0.